The maximum absolute atomic E-state index is 12.0. The summed E-state index contributed by atoms with van der Waals surface area (Å²) in [4.78, 5) is 37.0. The molecule has 24 heavy (non-hydrogen) atoms. The second-order valence-corrected chi connectivity index (χ2v) is 6.66. The number of hydrogen-bond donors (Lipinski definition) is 2. The van der Waals surface area contributed by atoms with Crippen LogP contribution in [-0.2, 0) is 5.41 Å². The standard InChI is InChI=1S/C17H13ClN4O2/c1-17(2)10-4-3-5-11(18)12(10)20-13(17)8-6-9-14(19-7-8)21-16(24)22-15(9)23/h3-7H,1-2H3,(H2,19,21,22,23,24). The Bertz CT molecular complexity index is 1140. The number of aromatic nitrogens is 3. The van der Waals surface area contributed by atoms with Crippen molar-refractivity contribution in [2.75, 3.05) is 0 Å². The normalized spacial score (nSPS) is 15.4. The van der Waals surface area contributed by atoms with E-state index in [1.54, 1.807) is 18.3 Å². The Morgan fingerprint density at radius 2 is 1.96 bits per heavy atom. The molecule has 1 aliphatic rings. The summed E-state index contributed by atoms with van der Waals surface area (Å²) >= 11 is 6.27. The average Bonchev–Trinajstić information content (AvgIpc) is 2.80. The highest BCUT2D eigenvalue weighted by atomic mass is 35.5. The molecule has 7 heteroatoms. The first-order chi connectivity index (χ1) is 11.4. The summed E-state index contributed by atoms with van der Waals surface area (Å²) in [7, 11) is 0. The number of pyridine rings is 1. The molecule has 3 heterocycles. The summed E-state index contributed by atoms with van der Waals surface area (Å²) < 4.78 is 0. The van der Waals surface area contributed by atoms with Crippen molar-refractivity contribution < 1.29 is 0 Å². The lowest BCUT2D eigenvalue weighted by atomic mass is 9.79. The van der Waals surface area contributed by atoms with Crippen molar-refractivity contribution >= 4 is 34.0 Å². The lowest BCUT2D eigenvalue weighted by Crippen LogP contribution is -2.27. The zero-order chi connectivity index (χ0) is 17.1. The second kappa shape index (κ2) is 4.88. The molecule has 6 nitrogen and oxygen atoms in total. The van der Waals surface area contributed by atoms with Crippen LogP contribution in [0.4, 0.5) is 5.69 Å². The number of aliphatic imine (C=N–C) groups is 1. The van der Waals surface area contributed by atoms with E-state index < -0.39 is 11.2 Å². The molecule has 0 spiro atoms. The first kappa shape index (κ1) is 14.8. The van der Waals surface area contributed by atoms with E-state index in [-0.39, 0.29) is 11.1 Å². The number of H-pyrrole nitrogens is 2. The van der Waals surface area contributed by atoms with E-state index in [2.05, 4.69) is 33.8 Å². The van der Waals surface area contributed by atoms with Gasteiger partial charge in [0.2, 0.25) is 0 Å². The third-order valence-electron chi connectivity index (χ3n) is 4.34. The maximum Gasteiger partial charge on any atom is 0.327 e. The molecule has 0 bridgehead atoms. The van der Waals surface area contributed by atoms with E-state index in [1.165, 1.54) is 0 Å². The van der Waals surface area contributed by atoms with Crippen LogP contribution in [0.15, 0.2) is 45.0 Å². The summed E-state index contributed by atoms with van der Waals surface area (Å²) in [5.74, 6) is 0. The molecule has 0 amide bonds. The molecule has 1 aromatic carbocycles. The molecule has 0 saturated carbocycles. The number of hydrogen-bond acceptors (Lipinski definition) is 4. The Hall–Kier alpha value is -2.73. The third kappa shape index (κ3) is 2.03. The first-order valence-corrected chi connectivity index (χ1v) is 7.76. The van der Waals surface area contributed by atoms with Gasteiger partial charge in [0.1, 0.15) is 5.65 Å². The van der Waals surface area contributed by atoms with Gasteiger partial charge < -0.3 is 0 Å². The highest BCUT2D eigenvalue weighted by molar-refractivity contribution is 6.34. The van der Waals surface area contributed by atoms with Gasteiger partial charge >= 0.3 is 5.69 Å². The lowest BCUT2D eigenvalue weighted by Gasteiger charge is -2.22. The van der Waals surface area contributed by atoms with Gasteiger partial charge in [-0.05, 0) is 17.7 Å². The van der Waals surface area contributed by atoms with E-state index in [9.17, 15) is 9.59 Å². The van der Waals surface area contributed by atoms with E-state index in [0.29, 0.717) is 10.4 Å². The fourth-order valence-electron chi connectivity index (χ4n) is 3.11. The summed E-state index contributed by atoms with van der Waals surface area (Å²) in [5.41, 5.74) is 2.10. The van der Waals surface area contributed by atoms with E-state index >= 15 is 0 Å². The number of fused-ring (bicyclic) bond motifs is 2. The Morgan fingerprint density at radius 3 is 2.71 bits per heavy atom. The minimum absolute atomic E-state index is 0.249. The minimum atomic E-state index is -0.578. The van der Waals surface area contributed by atoms with Gasteiger partial charge in [0.05, 0.1) is 21.8 Å². The zero-order valence-corrected chi connectivity index (χ0v) is 13.7. The number of nitrogens with zero attached hydrogens (tertiary/aromatic N) is 2. The van der Waals surface area contributed by atoms with Crippen molar-refractivity contribution in [1.29, 1.82) is 0 Å². The molecular weight excluding hydrogens is 328 g/mol. The van der Waals surface area contributed by atoms with Gasteiger partial charge in [-0.25, -0.2) is 14.8 Å². The van der Waals surface area contributed by atoms with Gasteiger partial charge in [-0.2, -0.15) is 0 Å². The van der Waals surface area contributed by atoms with Gasteiger partial charge in [0.25, 0.3) is 5.56 Å². The Morgan fingerprint density at radius 1 is 1.17 bits per heavy atom. The molecule has 0 fully saturated rings. The van der Waals surface area contributed by atoms with E-state index in [0.717, 1.165) is 22.5 Å². The Balaban J connectivity index is 1.96. The van der Waals surface area contributed by atoms with Crippen LogP contribution in [0.5, 0.6) is 0 Å². The van der Waals surface area contributed by atoms with Crippen LogP contribution >= 0.6 is 11.6 Å². The summed E-state index contributed by atoms with van der Waals surface area (Å²) in [6, 6.07) is 7.39. The highest BCUT2D eigenvalue weighted by Crippen LogP contribution is 2.45. The Kier molecular flexibility index (Phi) is 3.02. The number of aromatic amines is 2. The highest BCUT2D eigenvalue weighted by Gasteiger charge is 2.36. The largest absolute Gasteiger partial charge is 0.327 e. The molecule has 0 atom stereocenters. The quantitative estimate of drug-likeness (QED) is 0.713. The van der Waals surface area contributed by atoms with Crippen molar-refractivity contribution in [3.63, 3.8) is 0 Å². The van der Waals surface area contributed by atoms with Crippen molar-refractivity contribution in [1.82, 2.24) is 15.0 Å². The van der Waals surface area contributed by atoms with Crippen LogP contribution in [0.3, 0.4) is 0 Å². The maximum atomic E-state index is 12.0. The Labute approximate surface area is 141 Å². The summed E-state index contributed by atoms with van der Waals surface area (Å²) in [5, 5.41) is 0.902. The number of benzene rings is 1. The van der Waals surface area contributed by atoms with E-state index in [4.69, 9.17) is 11.6 Å². The smallest absolute Gasteiger partial charge is 0.291 e. The number of halogens is 1. The van der Waals surface area contributed by atoms with Gasteiger partial charge in [0, 0.05) is 17.2 Å². The number of para-hydroxylation sites is 1. The van der Waals surface area contributed by atoms with Crippen molar-refractivity contribution in [3.8, 4) is 0 Å². The average molecular weight is 341 g/mol. The molecule has 0 aliphatic carbocycles. The fourth-order valence-corrected chi connectivity index (χ4v) is 3.33. The number of nitrogens with one attached hydrogen (secondary N) is 2. The molecule has 0 unspecified atom stereocenters. The van der Waals surface area contributed by atoms with Crippen LogP contribution in [0.2, 0.25) is 5.02 Å². The summed E-state index contributed by atoms with van der Waals surface area (Å²) in [6.07, 6.45) is 1.61. The fraction of sp³-hybridized carbons (Fsp3) is 0.176. The van der Waals surface area contributed by atoms with E-state index in [1.807, 2.05) is 12.1 Å². The van der Waals surface area contributed by atoms with Crippen LogP contribution in [0.25, 0.3) is 11.0 Å². The first-order valence-electron chi connectivity index (χ1n) is 7.39. The van der Waals surface area contributed by atoms with Crippen LogP contribution in [-0.4, -0.2) is 20.7 Å². The predicted molar refractivity (Wildman–Crippen MR) is 93.7 cm³/mol. The zero-order valence-electron chi connectivity index (χ0n) is 13.0. The van der Waals surface area contributed by atoms with Crippen molar-refractivity contribution in [2.24, 2.45) is 4.99 Å². The van der Waals surface area contributed by atoms with Gasteiger partial charge in [-0.3, -0.25) is 14.8 Å². The molecule has 2 N–H and O–H groups in total. The van der Waals surface area contributed by atoms with Crippen LogP contribution < -0.4 is 11.2 Å². The topological polar surface area (TPSA) is 91.0 Å². The third-order valence-corrected chi connectivity index (χ3v) is 4.65. The lowest BCUT2D eigenvalue weighted by molar-refractivity contribution is 0.737. The van der Waals surface area contributed by atoms with Gasteiger partial charge in [0.15, 0.2) is 0 Å². The molecule has 120 valence electrons. The second-order valence-electron chi connectivity index (χ2n) is 6.25. The monoisotopic (exact) mass is 340 g/mol. The molecular formula is C17H13ClN4O2. The number of rotatable bonds is 1. The molecule has 0 radical (unpaired) electrons. The van der Waals surface area contributed by atoms with Gasteiger partial charge in [-0.1, -0.05) is 37.6 Å². The van der Waals surface area contributed by atoms with Crippen molar-refractivity contribution in [3.05, 3.63) is 67.4 Å². The molecule has 3 aromatic rings. The summed E-state index contributed by atoms with van der Waals surface area (Å²) in [6.45, 7) is 4.10. The SMILES string of the molecule is CC1(C)C(c2cnc3[nH]c(=O)[nH]c(=O)c3c2)=Nc2c(Cl)cccc21. The van der Waals surface area contributed by atoms with Crippen LogP contribution in [0.1, 0.15) is 25.0 Å². The molecule has 2 aromatic heterocycles. The van der Waals surface area contributed by atoms with Crippen molar-refractivity contribution in [2.45, 2.75) is 19.3 Å². The minimum Gasteiger partial charge on any atom is -0.291 e. The molecule has 0 saturated heterocycles. The van der Waals surface area contributed by atoms with Crippen LogP contribution in [0, 0.1) is 0 Å². The molecule has 1 aliphatic heterocycles. The van der Waals surface area contributed by atoms with Gasteiger partial charge in [-0.15, -0.1) is 0 Å². The predicted octanol–water partition coefficient (Wildman–Crippen LogP) is 2.68. The molecule has 4 rings (SSSR count).